The Hall–Kier alpha value is -5.45. The molecule has 5 rings (SSSR count). The number of nitrogens with zero attached hydrogens (tertiary/aromatic N) is 2. The van der Waals surface area contributed by atoms with E-state index < -0.39 is 42.5 Å². The first-order chi connectivity index (χ1) is 21.5. The standard InChI is InChI=1S/C34H28F3N3O5/c1-45-27-15-12-24(28(18-27)34(35,36)37)17-31(41)38-26-13-10-23(11-14-26)33(44)40(20-32(42)43)19-21-6-8-22(9-7-21)30-16-25-4-2-3-5-29(25)39-30/h2-15,18H,16-17,19-20H2,1H3,(H,38,41)(H,42,43). The average molecular weight is 616 g/mol. The lowest BCUT2D eigenvalue weighted by Gasteiger charge is -2.21. The second-order valence-corrected chi connectivity index (χ2v) is 10.4. The fraction of sp³-hybridized carbons (Fsp3) is 0.176. The molecule has 1 aliphatic rings. The molecule has 0 radical (unpaired) electrons. The van der Waals surface area contributed by atoms with Gasteiger partial charge in [0.1, 0.15) is 12.3 Å². The molecule has 1 heterocycles. The highest BCUT2D eigenvalue weighted by Crippen LogP contribution is 2.35. The molecule has 4 aromatic rings. The molecule has 0 bridgehead atoms. The number of methoxy groups -OCH3 is 1. The predicted molar refractivity (Wildman–Crippen MR) is 162 cm³/mol. The summed E-state index contributed by atoms with van der Waals surface area (Å²) < 4.78 is 45.4. The van der Waals surface area contributed by atoms with E-state index in [0.717, 1.165) is 34.2 Å². The lowest BCUT2D eigenvalue weighted by Crippen LogP contribution is -2.35. The lowest BCUT2D eigenvalue weighted by atomic mass is 10.0. The van der Waals surface area contributed by atoms with E-state index in [4.69, 9.17) is 4.74 Å². The maximum absolute atomic E-state index is 13.5. The van der Waals surface area contributed by atoms with Gasteiger partial charge in [0.25, 0.3) is 5.91 Å². The van der Waals surface area contributed by atoms with Crippen molar-refractivity contribution in [3.8, 4) is 5.75 Å². The lowest BCUT2D eigenvalue weighted by molar-refractivity contribution is -0.139. The van der Waals surface area contributed by atoms with Gasteiger partial charge in [0.15, 0.2) is 0 Å². The minimum Gasteiger partial charge on any atom is -0.497 e. The number of carbonyl (C=O) groups excluding carboxylic acids is 2. The van der Waals surface area contributed by atoms with Gasteiger partial charge >= 0.3 is 12.1 Å². The van der Waals surface area contributed by atoms with Crippen LogP contribution in [0.1, 0.15) is 38.2 Å². The average Bonchev–Trinajstić information content (AvgIpc) is 3.45. The van der Waals surface area contributed by atoms with E-state index in [1.54, 1.807) is 0 Å². The van der Waals surface area contributed by atoms with Gasteiger partial charge in [-0.3, -0.25) is 19.4 Å². The van der Waals surface area contributed by atoms with Crippen LogP contribution in [-0.4, -0.2) is 47.2 Å². The van der Waals surface area contributed by atoms with Crippen molar-refractivity contribution in [2.45, 2.75) is 25.6 Å². The Balaban J connectivity index is 1.23. The zero-order valence-electron chi connectivity index (χ0n) is 24.1. The van der Waals surface area contributed by atoms with Gasteiger partial charge in [-0.05, 0) is 64.7 Å². The van der Waals surface area contributed by atoms with Gasteiger partial charge in [0, 0.05) is 24.2 Å². The van der Waals surface area contributed by atoms with Crippen molar-refractivity contribution in [1.82, 2.24) is 4.90 Å². The number of anilines is 1. The molecule has 0 spiro atoms. The van der Waals surface area contributed by atoms with Crippen molar-refractivity contribution in [3.05, 3.63) is 124 Å². The van der Waals surface area contributed by atoms with Crippen LogP contribution >= 0.6 is 0 Å². The third kappa shape index (κ3) is 7.56. The van der Waals surface area contributed by atoms with Crippen molar-refractivity contribution in [3.63, 3.8) is 0 Å². The first-order valence-electron chi connectivity index (χ1n) is 13.9. The zero-order chi connectivity index (χ0) is 32.1. The number of hydrogen-bond acceptors (Lipinski definition) is 5. The van der Waals surface area contributed by atoms with Crippen LogP contribution in [-0.2, 0) is 35.2 Å². The van der Waals surface area contributed by atoms with Crippen LogP contribution in [0.5, 0.6) is 5.75 Å². The van der Waals surface area contributed by atoms with Gasteiger partial charge in [-0.15, -0.1) is 0 Å². The molecule has 1 aliphatic heterocycles. The number of carboxylic acids is 1. The zero-order valence-corrected chi connectivity index (χ0v) is 24.1. The number of fused-ring (bicyclic) bond motifs is 1. The van der Waals surface area contributed by atoms with Crippen molar-refractivity contribution in [2.75, 3.05) is 19.0 Å². The number of rotatable bonds is 10. The maximum Gasteiger partial charge on any atom is 0.416 e. The second-order valence-electron chi connectivity index (χ2n) is 10.4. The topological polar surface area (TPSA) is 108 Å². The van der Waals surface area contributed by atoms with Gasteiger partial charge in [-0.1, -0.05) is 48.5 Å². The van der Waals surface area contributed by atoms with E-state index in [1.165, 1.54) is 48.4 Å². The number of hydrogen-bond donors (Lipinski definition) is 2. The van der Waals surface area contributed by atoms with Gasteiger partial charge in [-0.2, -0.15) is 13.2 Å². The van der Waals surface area contributed by atoms with Crippen LogP contribution in [0.2, 0.25) is 0 Å². The van der Waals surface area contributed by atoms with Crippen molar-refractivity contribution < 1.29 is 37.4 Å². The number of amides is 2. The molecule has 11 heteroatoms. The first-order valence-corrected chi connectivity index (χ1v) is 13.9. The fourth-order valence-electron chi connectivity index (χ4n) is 5.04. The number of aliphatic carboxylic acids is 1. The Morgan fingerprint density at radius 2 is 1.67 bits per heavy atom. The first kappa shape index (κ1) is 31.0. The normalized spacial score (nSPS) is 12.2. The molecular formula is C34H28F3N3O5. The number of carbonyl (C=O) groups is 3. The van der Waals surface area contributed by atoms with Crippen LogP contribution in [0.4, 0.5) is 24.5 Å². The van der Waals surface area contributed by atoms with E-state index >= 15 is 0 Å². The molecule has 230 valence electrons. The molecule has 2 amide bonds. The number of ether oxygens (including phenoxy) is 1. The summed E-state index contributed by atoms with van der Waals surface area (Å²) in [7, 11) is 1.25. The monoisotopic (exact) mass is 615 g/mol. The second kappa shape index (κ2) is 13.0. The number of benzene rings is 4. The smallest absolute Gasteiger partial charge is 0.416 e. The van der Waals surface area contributed by atoms with E-state index in [-0.39, 0.29) is 29.1 Å². The molecule has 8 nitrogen and oxygen atoms in total. The van der Waals surface area contributed by atoms with Crippen LogP contribution < -0.4 is 10.1 Å². The van der Waals surface area contributed by atoms with Crippen molar-refractivity contribution >= 4 is 34.9 Å². The van der Waals surface area contributed by atoms with Gasteiger partial charge in [0.2, 0.25) is 5.91 Å². The Morgan fingerprint density at radius 3 is 2.31 bits per heavy atom. The summed E-state index contributed by atoms with van der Waals surface area (Å²) in [5.41, 5.74) is 3.93. The fourth-order valence-corrected chi connectivity index (χ4v) is 5.04. The molecule has 0 unspecified atom stereocenters. The van der Waals surface area contributed by atoms with E-state index in [0.29, 0.717) is 6.42 Å². The highest BCUT2D eigenvalue weighted by molar-refractivity contribution is 6.06. The molecule has 0 aromatic heterocycles. The van der Waals surface area contributed by atoms with Crippen molar-refractivity contribution in [1.29, 1.82) is 0 Å². The van der Waals surface area contributed by atoms with Crippen LogP contribution in [0.15, 0.2) is 96.0 Å². The molecular weight excluding hydrogens is 587 g/mol. The Bertz CT molecular complexity index is 1770. The molecule has 0 saturated heterocycles. The SMILES string of the molecule is COc1ccc(CC(=O)Nc2ccc(C(=O)N(CC(=O)O)Cc3ccc(C4=Nc5ccccc5C4)cc3)cc2)c(C(F)(F)F)c1. The molecule has 0 aliphatic carbocycles. The molecule has 2 N–H and O–H groups in total. The summed E-state index contributed by atoms with van der Waals surface area (Å²) in [4.78, 5) is 43.3. The quantitative estimate of drug-likeness (QED) is 0.218. The molecule has 0 atom stereocenters. The highest BCUT2D eigenvalue weighted by Gasteiger charge is 2.34. The Morgan fingerprint density at radius 1 is 0.956 bits per heavy atom. The minimum atomic E-state index is -4.67. The highest BCUT2D eigenvalue weighted by atomic mass is 19.4. The van der Waals surface area contributed by atoms with E-state index in [1.807, 2.05) is 48.5 Å². The molecule has 45 heavy (non-hydrogen) atoms. The third-order valence-electron chi connectivity index (χ3n) is 7.27. The Kier molecular flexibility index (Phi) is 8.98. The van der Waals surface area contributed by atoms with Crippen molar-refractivity contribution in [2.24, 2.45) is 4.99 Å². The molecule has 0 saturated carbocycles. The summed E-state index contributed by atoms with van der Waals surface area (Å²) in [5, 5.41) is 12.0. The summed E-state index contributed by atoms with van der Waals surface area (Å²) in [5.74, 6) is -2.39. The third-order valence-corrected chi connectivity index (χ3v) is 7.27. The maximum atomic E-state index is 13.5. The number of nitrogens with one attached hydrogen (secondary N) is 1. The van der Waals surface area contributed by atoms with Crippen LogP contribution in [0.3, 0.4) is 0 Å². The number of para-hydroxylation sites is 1. The van der Waals surface area contributed by atoms with E-state index in [2.05, 4.69) is 10.3 Å². The summed E-state index contributed by atoms with van der Waals surface area (Å²) in [6, 6.07) is 24.4. The number of alkyl halides is 3. The summed E-state index contributed by atoms with van der Waals surface area (Å²) in [6.07, 6.45) is -4.50. The number of aliphatic imine (C=N–C) groups is 1. The number of halogens is 3. The Labute approximate surface area is 256 Å². The summed E-state index contributed by atoms with van der Waals surface area (Å²) in [6.45, 7) is -0.496. The predicted octanol–water partition coefficient (Wildman–Crippen LogP) is 6.30. The molecule has 4 aromatic carbocycles. The van der Waals surface area contributed by atoms with Gasteiger partial charge in [0.05, 0.1) is 30.5 Å². The summed E-state index contributed by atoms with van der Waals surface area (Å²) >= 11 is 0. The van der Waals surface area contributed by atoms with Crippen LogP contribution in [0, 0.1) is 0 Å². The number of carboxylic acid groups (broad SMARTS) is 1. The van der Waals surface area contributed by atoms with Gasteiger partial charge in [-0.25, -0.2) is 0 Å². The van der Waals surface area contributed by atoms with Crippen LogP contribution in [0.25, 0.3) is 0 Å². The largest absolute Gasteiger partial charge is 0.497 e. The minimum absolute atomic E-state index is 0.0195. The van der Waals surface area contributed by atoms with E-state index in [9.17, 15) is 32.7 Å². The van der Waals surface area contributed by atoms with Gasteiger partial charge < -0.3 is 20.1 Å². The molecule has 0 fully saturated rings.